The van der Waals surface area contributed by atoms with Crippen LogP contribution in [0.1, 0.15) is 25.5 Å². The summed E-state index contributed by atoms with van der Waals surface area (Å²) in [7, 11) is 0. The Morgan fingerprint density at radius 1 is 1.59 bits per heavy atom. The lowest BCUT2D eigenvalue weighted by Gasteiger charge is -2.28. The number of nitrogens with one attached hydrogen (secondary N) is 1. The second kappa shape index (κ2) is 6.07. The lowest BCUT2D eigenvalue weighted by atomic mass is 9.95. The Morgan fingerprint density at radius 3 is 3.18 bits per heavy atom. The van der Waals surface area contributed by atoms with Crippen LogP contribution in [0.2, 0.25) is 0 Å². The second-order valence-electron chi connectivity index (χ2n) is 4.60. The summed E-state index contributed by atoms with van der Waals surface area (Å²) in [5.41, 5.74) is 0.744. The predicted octanol–water partition coefficient (Wildman–Crippen LogP) is 2.13. The van der Waals surface area contributed by atoms with Crippen LogP contribution in [0.25, 0.3) is 0 Å². The molecule has 2 heterocycles. The highest BCUT2D eigenvalue weighted by atomic mass is 19.1. The number of pyridine rings is 1. The summed E-state index contributed by atoms with van der Waals surface area (Å²) < 4.78 is 18.3. The molecule has 1 aromatic heterocycles. The van der Waals surface area contributed by atoms with Gasteiger partial charge in [0.2, 0.25) is 5.95 Å². The smallest absolute Gasteiger partial charge is 0.213 e. The first-order valence-corrected chi connectivity index (χ1v) is 6.18. The van der Waals surface area contributed by atoms with E-state index in [4.69, 9.17) is 4.74 Å². The summed E-state index contributed by atoms with van der Waals surface area (Å²) in [4.78, 5) is 3.83. The molecule has 1 aliphatic heterocycles. The third-order valence-electron chi connectivity index (χ3n) is 3.28. The van der Waals surface area contributed by atoms with Crippen LogP contribution >= 0.6 is 0 Å². The van der Waals surface area contributed by atoms with Crippen LogP contribution in [-0.4, -0.2) is 24.2 Å². The molecule has 1 aromatic rings. The maximum absolute atomic E-state index is 12.9. The number of ether oxygens (including phenoxy) is 1. The Morgan fingerprint density at radius 2 is 2.47 bits per heavy atom. The highest BCUT2D eigenvalue weighted by Gasteiger charge is 2.20. The van der Waals surface area contributed by atoms with Gasteiger partial charge in [-0.1, -0.05) is 6.07 Å². The molecular weight excluding hydrogens is 219 g/mol. The van der Waals surface area contributed by atoms with Gasteiger partial charge >= 0.3 is 0 Å². The molecule has 1 N–H and O–H groups in total. The molecular formula is C13H19FN2O. The Labute approximate surface area is 101 Å². The van der Waals surface area contributed by atoms with Crippen LogP contribution < -0.4 is 5.32 Å². The van der Waals surface area contributed by atoms with Gasteiger partial charge < -0.3 is 10.1 Å². The largest absolute Gasteiger partial charge is 0.381 e. The molecule has 17 heavy (non-hydrogen) atoms. The van der Waals surface area contributed by atoms with Gasteiger partial charge in [-0.15, -0.1) is 0 Å². The molecule has 0 aliphatic carbocycles. The van der Waals surface area contributed by atoms with Gasteiger partial charge in [-0.2, -0.15) is 4.39 Å². The maximum Gasteiger partial charge on any atom is 0.213 e. The van der Waals surface area contributed by atoms with Gasteiger partial charge in [-0.3, -0.25) is 0 Å². The van der Waals surface area contributed by atoms with Crippen molar-refractivity contribution in [3.05, 3.63) is 29.8 Å². The van der Waals surface area contributed by atoms with Gasteiger partial charge in [0.05, 0.1) is 12.3 Å². The second-order valence-corrected chi connectivity index (χ2v) is 4.60. The lowest BCUT2D eigenvalue weighted by Crippen LogP contribution is -2.37. The molecule has 1 fully saturated rings. The van der Waals surface area contributed by atoms with Crippen LogP contribution in [0, 0.1) is 11.9 Å². The van der Waals surface area contributed by atoms with E-state index >= 15 is 0 Å². The fourth-order valence-electron chi connectivity index (χ4n) is 2.14. The number of rotatable bonds is 4. The molecule has 0 amide bonds. The Bertz CT molecular complexity index is 353. The van der Waals surface area contributed by atoms with Crippen molar-refractivity contribution in [3.8, 4) is 0 Å². The van der Waals surface area contributed by atoms with E-state index in [0.717, 1.165) is 25.3 Å². The lowest BCUT2D eigenvalue weighted by molar-refractivity contribution is 0.0417. The minimum Gasteiger partial charge on any atom is -0.381 e. The minimum atomic E-state index is -0.419. The minimum absolute atomic E-state index is 0.375. The van der Waals surface area contributed by atoms with Crippen LogP contribution in [0.4, 0.5) is 4.39 Å². The molecule has 0 radical (unpaired) electrons. The predicted molar refractivity (Wildman–Crippen MR) is 64.0 cm³/mol. The molecule has 1 saturated heterocycles. The van der Waals surface area contributed by atoms with Gasteiger partial charge in [0.15, 0.2) is 0 Å². The number of nitrogens with zero attached hydrogens (tertiary/aromatic N) is 1. The Kier molecular flexibility index (Phi) is 4.45. The molecule has 0 bridgehead atoms. The van der Waals surface area contributed by atoms with E-state index in [-0.39, 0.29) is 0 Å². The summed E-state index contributed by atoms with van der Waals surface area (Å²) in [6.07, 6.45) is 2.33. The summed E-state index contributed by atoms with van der Waals surface area (Å²) in [6.45, 7) is 4.47. The fourth-order valence-corrected chi connectivity index (χ4v) is 2.14. The normalized spacial score (nSPS) is 22.4. The van der Waals surface area contributed by atoms with Crippen molar-refractivity contribution in [2.24, 2.45) is 5.92 Å². The van der Waals surface area contributed by atoms with Gasteiger partial charge in [0.1, 0.15) is 0 Å². The van der Waals surface area contributed by atoms with E-state index in [2.05, 4.69) is 17.2 Å². The molecule has 0 saturated carbocycles. The van der Waals surface area contributed by atoms with Crippen molar-refractivity contribution >= 4 is 0 Å². The van der Waals surface area contributed by atoms with Gasteiger partial charge in [0, 0.05) is 19.2 Å². The summed E-state index contributed by atoms with van der Waals surface area (Å²) >= 11 is 0. The number of hydrogen-bond acceptors (Lipinski definition) is 3. The van der Waals surface area contributed by atoms with Crippen molar-refractivity contribution in [1.29, 1.82) is 0 Å². The maximum atomic E-state index is 12.9. The first-order valence-electron chi connectivity index (χ1n) is 6.18. The quantitative estimate of drug-likeness (QED) is 0.816. The fraction of sp³-hybridized carbons (Fsp3) is 0.615. The molecule has 3 nitrogen and oxygen atoms in total. The van der Waals surface area contributed by atoms with Gasteiger partial charge in [-0.25, -0.2) is 4.98 Å². The van der Waals surface area contributed by atoms with Crippen LogP contribution in [-0.2, 0) is 11.3 Å². The monoisotopic (exact) mass is 238 g/mol. The molecule has 0 aromatic carbocycles. The van der Waals surface area contributed by atoms with Crippen molar-refractivity contribution in [3.63, 3.8) is 0 Å². The highest BCUT2D eigenvalue weighted by molar-refractivity contribution is 5.04. The third-order valence-corrected chi connectivity index (χ3v) is 3.28. The van der Waals surface area contributed by atoms with E-state index in [9.17, 15) is 4.39 Å². The summed E-state index contributed by atoms with van der Waals surface area (Å²) in [5, 5.41) is 3.39. The first kappa shape index (κ1) is 12.5. The Balaban J connectivity index is 1.80. The average molecular weight is 238 g/mol. The standard InChI is InChI=1S/C13H19FN2O/c1-10(11-4-3-7-17-9-11)15-8-12-5-2-6-13(14)16-12/h2,5-6,10-11,15H,3-4,7-9H2,1H3/t10-,11-/m1/s1. The molecule has 0 spiro atoms. The molecule has 0 unspecified atom stereocenters. The van der Waals surface area contributed by atoms with E-state index < -0.39 is 5.95 Å². The zero-order valence-corrected chi connectivity index (χ0v) is 10.2. The van der Waals surface area contributed by atoms with Crippen molar-refractivity contribution in [2.75, 3.05) is 13.2 Å². The molecule has 2 rings (SSSR count). The number of hydrogen-bond donors (Lipinski definition) is 1. The van der Waals surface area contributed by atoms with Gasteiger partial charge in [0.25, 0.3) is 0 Å². The van der Waals surface area contributed by atoms with Crippen molar-refractivity contribution < 1.29 is 9.13 Å². The third kappa shape index (κ3) is 3.75. The Hall–Kier alpha value is -1.00. The number of aromatic nitrogens is 1. The van der Waals surface area contributed by atoms with Crippen molar-refractivity contribution in [2.45, 2.75) is 32.4 Å². The zero-order valence-electron chi connectivity index (χ0n) is 10.2. The van der Waals surface area contributed by atoms with Crippen LogP contribution in [0.5, 0.6) is 0 Å². The summed E-state index contributed by atoms with van der Waals surface area (Å²) in [5.74, 6) is 0.135. The molecule has 94 valence electrons. The zero-order chi connectivity index (χ0) is 12.1. The van der Waals surface area contributed by atoms with Gasteiger partial charge in [-0.05, 0) is 37.8 Å². The van der Waals surface area contributed by atoms with E-state index in [1.54, 1.807) is 6.07 Å². The number of halogens is 1. The SMILES string of the molecule is C[C@@H](NCc1cccc(F)n1)[C@@H]1CCCOC1. The molecule has 4 heteroatoms. The first-order chi connectivity index (χ1) is 8.25. The van der Waals surface area contributed by atoms with E-state index in [1.807, 2.05) is 6.07 Å². The highest BCUT2D eigenvalue weighted by Crippen LogP contribution is 2.17. The molecule has 2 atom stereocenters. The topological polar surface area (TPSA) is 34.2 Å². The van der Waals surface area contributed by atoms with Crippen LogP contribution in [0.15, 0.2) is 18.2 Å². The molecule has 1 aliphatic rings. The summed E-state index contributed by atoms with van der Waals surface area (Å²) in [6, 6.07) is 5.26. The van der Waals surface area contributed by atoms with Crippen LogP contribution in [0.3, 0.4) is 0 Å². The van der Waals surface area contributed by atoms with E-state index in [1.165, 1.54) is 12.5 Å². The van der Waals surface area contributed by atoms with Crippen molar-refractivity contribution in [1.82, 2.24) is 10.3 Å². The average Bonchev–Trinajstić information content (AvgIpc) is 2.37. The van der Waals surface area contributed by atoms with E-state index in [0.29, 0.717) is 18.5 Å².